The molecule has 0 radical (unpaired) electrons. The van der Waals surface area contributed by atoms with Crippen LogP contribution in [0.15, 0.2) is 48.8 Å². The third-order valence-electron chi connectivity index (χ3n) is 3.47. The second-order valence-electron chi connectivity index (χ2n) is 5.21. The van der Waals surface area contributed by atoms with Gasteiger partial charge in [-0.2, -0.15) is 5.10 Å². The first-order valence-electron chi connectivity index (χ1n) is 7.82. The summed E-state index contributed by atoms with van der Waals surface area (Å²) >= 11 is 5.33. The molecule has 0 spiro atoms. The van der Waals surface area contributed by atoms with Crippen molar-refractivity contribution >= 4 is 12.2 Å². The van der Waals surface area contributed by atoms with Crippen LogP contribution in [0.1, 0.15) is 18.9 Å². The molecule has 3 aromatic rings. The van der Waals surface area contributed by atoms with Gasteiger partial charge in [-0.15, -0.1) is 0 Å². The molecular weight excluding hydrogens is 322 g/mol. The Kier molecular flexibility index (Phi) is 5.22. The predicted molar refractivity (Wildman–Crippen MR) is 95.9 cm³/mol. The maximum atomic E-state index is 5.79. The lowest BCUT2D eigenvalue weighted by molar-refractivity contribution is 0.314. The third-order valence-corrected chi connectivity index (χ3v) is 3.75. The van der Waals surface area contributed by atoms with E-state index in [-0.39, 0.29) is 0 Å². The molecule has 2 aromatic heterocycles. The summed E-state index contributed by atoms with van der Waals surface area (Å²) in [5, 5.41) is 7.12. The third kappa shape index (κ3) is 3.62. The van der Waals surface area contributed by atoms with Gasteiger partial charge >= 0.3 is 0 Å². The molecule has 0 atom stereocenters. The zero-order chi connectivity index (χ0) is 16.8. The number of benzene rings is 1. The van der Waals surface area contributed by atoms with Gasteiger partial charge in [0.2, 0.25) is 4.77 Å². The molecule has 0 aliphatic rings. The minimum absolute atomic E-state index is 0.508. The normalized spacial score (nSPS) is 10.5. The summed E-state index contributed by atoms with van der Waals surface area (Å²) in [5.74, 6) is 1.60. The topological polar surface area (TPSA) is 67.8 Å². The molecule has 124 valence electrons. The number of aromatic amines is 1. The van der Waals surface area contributed by atoms with Crippen LogP contribution in [-0.4, -0.2) is 26.5 Å². The van der Waals surface area contributed by atoms with Crippen LogP contribution in [0.5, 0.6) is 5.75 Å². The van der Waals surface area contributed by atoms with Gasteiger partial charge in [0.15, 0.2) is 5.82 Å². The van der Waals surface area contributed by atoms with Crippen molar-refractivity contribution < 1.29 is 4.74 Å². The summed E-state index contributed by atoms with van der Waals surface area (Å²) in [6.45, 7) is 3.36. The maximum Gasteiger partial charge on any atom is 0.214 e. The first kappa shape index (κ1) is 16.2. The molecule has 0 aliphatic heterocycles. The number of hydrogen-bond acceptors (Lipinski definition) is 5. The molecule has 0 fully saturated rings. The summed E-state index contributed by atoms with van der Waals surface area (Å²) < 4.78 is 8.07. The molecule has 0 bridgehead atoms. The van der Waals surface area contributed by atoms with Gasteiger partial charge in [-0.05, 0) is 36.8 Å². The van der Waals surface area contributed by atoms with Gasteiger partial charge in [0, 0.05) is 23.5 Å². The molecule has 6 nitrogen and oxygen atoms in total. The molecule has 0 aliphatic carbocycles. The van der Waals surface area contributed by atoms with E-state index in [9.17, 15) is 0 Å². The first-order valence-corrected chi connectivity index (χ1v) is 8.23. The standard InChI is InChI=1S/C17H19N5OS/c1-2-11-23-15-6-4-3-5-14(15)12-19-22-16(20-21-17(22)24)13-7-9-18-10-8-13/h3-10,19H,2,11-12H2,1H3,(H,21,24). The van der Waals surface area contributed by atoms with Crippen LogP contribution in [0.25, 0.3) is 11.4 Å². The van der Waals surface area contributed by atoms with E-state index in [2.05, 4.69) is 27.5 Å². The van der Waals surface area contributed by atoms with Crippen molar-refractivity contribution in [3.8, 4) is 17.1 Å². The SMILES string of the molecule is CCCOc1ccccc1CNn1c(-c2ccncc2)n[nH]c1=S. The van der Waals surface area contributed by atoms with Crippen molar-refractivity contribution in [3.05, 3.63) is 59.1 Å². The number of pyridine rings is 1. The van der Waals surface area contributed by atoms with Crippen molar-refractivity contribution in [3.63, 3.8) is 0 Å². The second-order valence-corrected chi connectivity index (χ2v) is 5.60. The number of ether oxygens (including phenoxy) is 1. The number of nitrogens with zero attached hydrogens (tertiary/aromatic N) is 3. The average molecular weight is 341 g/mol. The van der Waals surface area contributed by atoms with Gasteiger partial charge in [0.1, 0.15) is 5.75 Å². The van der Waals surface area contributed by atoms with E-state index in [0.717, 1.165) is 23.3 Å². The maximum absolute atomic E-state index is 5.79. The summed E-state index contributed by atoms with van der Waals surface area (Å²) in [4.78, 5) is 4.03. The highest BCUT2D eigenvalue weighted by atomic mass is 32.1. The van der Waals surface area contributed by atoms with E-state index in [1.165, 1.54) is 0 Å². The van der Waals surface area contributed by atoms with Crippen LogP contribution in [-0.2, 0) is 6.54 Å². The van der Waals surface area contributed by atoms with Gasteiger partial charge in [0.25, 0.3) is 0 Å². The van der Waals surface area contributed by atoms with Crippen LogP contribution in [0.2, 0.25) is 0 Å². The monoisotopic (exact) mass is 341 g/mol. The molecule has 1 aromatic carbocycles. The summed E-state index contributed by atoms with van der Waals surface area (Å²) in [6, 6.07) is 11.8. The predicted octanol–water partition coefficient (Wildman–Crippen LogP) is 3.54. The lowest BCUT2D eigenvalue weighted by Crippen LogP contribution is -2.16. The van der Waals surface area contributed by atoms with Crippen molar-refractivity contribution in [2.75, 3.05) is 12.0 Å². The highest BCUT2D eigenvalue weighted by Gasteiger charge is 2.09. The van der Waals surface area contributed by atoms with Crippen molar-refractivity contribution in [1.82, 2.24) is 19.9 Å². The highest BCUT2D eigenvalue weighted by Crippen LogP contribution is 2.19. The minimum atomic E-state index is 0.508. The Morgan fingerprint density at radius 2 is 2.00 bits per heavy atom. The zero-order valence-corrected chi connectivity index (χ0v) is 14.2. The lowest BCUT2D eigenvalue weighted by atomic mass is 10.2. The number of hydrogen-bond donors (Lipinski definition) is 2. The largest absolute Gasteiger partial charge is 0.493 e. The Labute approximate surface area is 145 Å². The summed E-state index contributed by atoms with van der Waals surface area (Å²) in [7, 11) is 0. The van der Waals surface area contributed by atoms with Gasteiger partial charge in [-0.1, -0.05) is 25.1 Å². The van der Waals surface area contributed by atoms with Crippen LogP contribution in [0.4, 0.5) is 0 Å². The lowest BCUT2D eigenvalue weighted by Gasteiger charge is -2.13. The number of aromatic nitrogens is 4. The highest BCUT2D eigenvalue weighted by molar-refractivity contribution is 7.71. The number of rotatable bonds is 7. The fourth-order valence-corrected chi connectivity index (χ4v) is 2.50. The molecule has 0 saturated heterocycles. The fraction of sp³-hybridized carbons (Fsp3) is 0.235. The quantitative estimate of drug-likeness (QED) is 0.644. The molecule has 3 rings (SSSR count). The van der Waals surface area contributed by atoms with Crippen molar-refractivity contribution in [1.29, 1.82) is 0 Å². The van der Waals surface area contributed by atoms with Crippen LogP contribution in [0, 0.1) is 4.77 Å². The van der Waals surface area contributed by atoms with Gasteiger partial charge < -0.3 is 10.2 Å². The van der Waals surface area contributed by atoms with Crippen LogP contribution in [0.3, 0.4) is 0 Å². The molecule has 0 unspecified atom stereocenters. The molecular formula is C17H19N5OS. The van der Waals surface area contributed by atoms with Gasteiger partial charge in [-0.3, -0.25) is 4.98 Å². The van der Waals surface area contributed by atoms with E-state index < -0.39 is 0 Å². The second kappa shape index (κ2) is 7.74. The summed E-state index contributed by atoms with van der Waals surface area (Å²) in [6.07, 6.45) is 4.43. The minimum Gasteiger partial charge on any atom is -0.493 e. The fourth-order valence-electron chi connectivity index (χ4n) is 2.31. The number of H-pyrrole nitrogens is 1. The molecule has 0 amide bonds. The Morgan fingerprint density at radius 3 is 2.79 bits per heavy atom. The zero-order valence-electron chi connectivity index (χ0n) is 13.4. The van der Waals surface area contributed by atoms with E-state index >= 15 is 0 Å². The smallest absolute Gasteiger partial charge is 0.214 e. The van der Waals surface area contributed by atoms with E-state index in [4.69, 9.17) is 17.0 Å². The average Bonchev–Trinajstić information content (AvgIpc) is 3.00. The van der Waals surface area contributed by atoms with Crippen LogP contribution < -0.4 is 10.2 Å². The molecule has 2 heterocycles. The van der Waals surface area contributed by atoms with E-state index in [0.29, 0.717) is 23.7 Å². The van der Waals surface area contributed by atoms with Crippen LogP contribution >= 0.6 is 12.2 Å². The number of nitrogens with one attached hydrogen (secondary N) is 2. The first-order chi connectivity index (χ1) is 11.8. The van der Waals surface area contributed by atoms with Gasteiger partial charge in [-0.25, -0.2) is 9.77 Å². The molecule has 7 heteroatoms. The van der Waals surface area contributed by atoms with Crippen molar-refractivity contribution in [2.45, 2.75) is 19.9 Å². The van der Waals surface area contributed by atoms with E-state index in [1.54, 1.807) is 17.1 Å². The van der Waals surface area contributed by atoms with Gasteiger partial charge in [0.05, 0.1) is 13.2 Å². The molecule has 2 N–H and O–H groups in total. The van der Waals surface area contributed by atoms with E-state index in [1.807, 2.05) is 36.4 Å². The molecule has 24 heavy (non-hydrogen) atoms. The van der Waals surface area contributed by atoms with Crippen molar-refractivity contribution in [2.24, 2.45) is 0 Å². The number of para-hydroxylation sites is 1. The Hall–Kier alpha value is -2.67. The Balaban J connectivity index is 1.81. The Bertz CT molecular complexity index is 843. The molecule has 0 saturated carbocycles. The summed E-state index contributed by atoms with van der Waals surface area (Å²) in [5.41, 5.74) is 5.31. The Morgan fingerprint density at radius 1 is 1.21 bits per heavy atom.